The van der Waals surface area contributed by atoms with Gasteiger partial charge >= 0.3 is 0 Å². The van der Waals surface area contributed by atoms with Gasteiger partial charge in [0.05, 0.1) is 10.6 Å². The Bertz CT molecular complexity index is 1420. The molecule has 4 bridgehead atoms. The van der Waals surface area contributed by atoms with Crippen LogP contribution in [-0.2, 0) is 15.7 Å². The molecule has 3 aromatic carbocycles. The van der Waals surface area contributed by atoms with E-state index in [2.05, 4.69) is 94.7 Å². The van der Waals surface area contributed by atoms with Crippen molar-refractivity contribution in [2.45, 2.75) is 49.0 Å². The minimum Gasteiger partial charge on any atom is -0.744 e. The molecule has 0 atom stereocenters. The van der Waals surface area contributed by atoms with E-state index in [-0.39, 0.29) is 4.90 Å². The second-order valence-electron chi connectivity index (χ2n) is 11.4. The average Bonchev–Trinajstić information content (AvgIpc) is 2.94. The molecule has 4 aliphatic carbocycles. The molecule has 0 N–H and O–H groups in total. The van der Waals surface area contributed by atoms with E-state index >= 15 is 0 Å². The number of nitrogens with zero attached hydrogens (tertiary/aromatic N) is 2. The largest absolute Gasteiger partial charge is 0.744 e. The minimum absolute atomic E-state index is 0.185. The predicted octanol–water partition coefficient (Wildman–Crippen LogP) is 6.96. The molecule has 0 saturated heterocycles. The third-order valence-corrected chi connectivity index (χ3v) is 9.53. The first kappa shape index (κ1) is 25.8. The van der Waals surface area contributed by atoms with E-state index in [1.54, 1.807) is 6.07 Å². The van der Waals surface area contributed by atoms with Crippen molar-refractivity contribution in [2.24, 2.45) is 17.8 Å². The summed E-state index contributed by atoms with van der Waals surface area (Å²) in [4.78, 5) is 2.17. The molecule has 0 aliphatic heterocycles. The number of aromatic nitrogens is 1. The molecule has 0 radical (unpaired) electrons. The molecule has 0 unspecified atom stereocenters. The Kier molecular flexibility index (Phi) is 7.00. The highest BCUT2D eigenvalue weighted by Gasteiger charge is 2.56. The van der Waals surface area contributed by atoms with Crippen LogP contribution in [0.2, 0.25) is 0 Å². The second kappa shape index (κ2) is 10.6. The molecule has 1 aromatic heterocycles. The standard InChI is InChI=1S/C27H29N2.C6H6O3S/c1-3-7-24(8-4-1)29(25-9-5-2-6-10-25)26-11-13-28(14-12-26)27-18-21-15-22(19-27)17-23(16-21)20-27;7-10(8,9)6-4-2-1-3-5-6/h1-14,21-23H,15-20H2;1-5H,(H,7,8,9)/q+1;/p-1. The van der Waals surface area contributed by atoms with Crippen LogP contribution in [0.5, 0.6) is 0 Å². The predicted molar refractivity (Wildman–Crippen MR) is 152 cm³/mol. The van der Waals surface area contributed by atoms with Gasteiger partial charge in [-0.05, 0) is 73.4 Å². The minimum atomic E-state index is -4.25. The van der Waals surface area contributed by atoms with Gasteiger partial charge in [0.2, 0.25) is 0 Å². The number of anilines is 3. The Labute approximate surface area is 231 Å². The molecule has 4 aliphatic rings. The van der Waals surface area contributed by atoms with Crippen molar-refractivity contribution < 1.29 is 17.5 Å². The lowest BCUT2D eigenvalue weighted by atomic mass is 9.53. The van der Waals surface area contributed by atoms with Crippen molar-refractivity contribution in [1.82, 2.24) is 0 Å². The summed E-state index contributed by atoms with van der Waals surface area (Å²) < 4.78 is 33.4. The highest BCUT2D eigenvalue weighted by atomic mass is 32.2. The van der Waals surface area contributed by atoms with Crippen LogP contribution in [0.3, 0.4) is 0 Å². The zero-order valence-corrected chi connectivity index (χ0v) is 22.8. The van der Waals surface area contributed by atoms with Gasteiger partial charge in [-0.3, -0.25) is 0 Å². The Morgan fingerprint density at radius 3 is 1.38 bits per heavy atom. The lowest BCUT2D eigenvalue weighted by molar-refractivity contribution is -0.776. The summed E-state index contributed by atoms with van der Waals surface area (Å²) in [7, 11) is -4.25. The molecule has 4 fully saturated rings. The Morgan fingerprint density at radius 2 is 1.00 bits per heavy atom. The van der Waals surface area contributed by atoms with Crippen LogP contribution in [-0.4, -0.2) is 13.0 Å². The van der Waals surface area contributed by atoms with Gasteiger partial charge in [0, 0.05) is 42.8 Å². The third kappa shape index (κ3) is 5.49. The fourth-order valence-electron chi connectivity index (χ4n) is 7.45. The molecule has 1 heterocycles. The zero-order valence-electron chi connectivity index (χ0n) is 22.0. The maximum Gasteiger partial charge on any atom is 0.171 e. The molecule has 6 heteroatoms. The van der Waals surface area contributed by atoms with Crippen LogP contribution < -0.4 is 9.47 Å². The van der Waals surface area contributed by atoms with Crippen molar-refractivity contribution in [2.75, 3.05) is 4.90 Å². The third-order valence-electron chi connectivity index (χ3n) is 8.68. The van der Waals surface area contributed by atoms with Gasteiger partial charge in [0.1, 0.15) is 10.1 Å². The van der Waals surface area contributed by atoms with E-state index in [0.717, 1.165) is 17.8 Å². The number of para-hydroxylation sites is 2. The molecule has 5 nitrogen and oxygen atoms in total. The molecule has 8 rings (SSSR count). The first-order chi connectivity index (χ1) is 18.9. The van der Waals surface area contributed by atoms with E-state index in [9.17, 15) is 13.0 Å². The molecule has 0 amide bonds. The Hall–Kier alpha value is -3.48. The summed E-state index contributed by atoms with van der Waals surface area (Å²) in [6.45, 7) is 0. The van der Waals surface area contributed by atoms with Crippen molar-refractivity contribution in [3.63, 3.8) is 0 Å². The van der Waals surface area contributed by atoms with Crippen molar-refractivity contribution in [3.8, 4) is 0 Å². The summed E-state index contributed by atoms with van der Waals surface area (Å²) in [5.41, 5.74) is 4.01. The molecule has 200 valence electrons. The van der Waals surface area contributed by atoms with Crippen LogP contribution in [0.15, 0.2) is 120 Å². The smallest absolute Gasteiger partial charge is 0.171 e. The van der Waals surface area contributed by atoms with Crippen LogP contribution in [0.25, 0.3) is 0 Å². The van der Waals surface area contributed by atoms with Crippen LogP contribution >= 0.6 is 0 Å². The van der Waals surface area contributed by atoms with Gasteiger partial charge in [0.15, 0.2) is 17.9 Å². The highest BCUT2D eigenvalue weighted by molar-refractivity contribution is 7.85. The maximum absolute atomic E-state index is 10.3. The van der Waals surface area contributed by atoms with Crippen LogP contribution in [0, 0.1) is 17.8 Å². The van der Waals surface area contributed by atoms with Gasteiger partial charge in [-0.1, -0.05) is 54.6 Å². The summed E-state index contributed by atoms with van der Waals surface area (Å²) >= 11 is 0. The van der Waals surface area contributed by atoms with E-state index < -0.39 is 10.1 Å². The molecule has 0 spiro atoms. The second-order valence-corrected chi connectivity index (χ2v) is 12.8. The first-order valence-electron chi connectivity index (χ1n) is 13.8. The monoisotopic (exact) mass is 538 g/mol. The van der Waals surface area contributed by atoms with E-state index in [0.29, 0.717) is 5.54 Å². The lowest BCUT2D eigenvalue weighted by Gasteiger charge is -2.53. The van der Waals surface area contributed by atoms with Gasteiger partial charge < -0.3 is 9.45 Å². The number of rotatable bonds is 5. The van der Waals surface area contributed by atoms with Crippen LogP contribution in [0.4, 0.5) is 17.1 Å². The van der Waals surface area contributed by atoms with E-state index in [4.69, 9.17) is 0 Å². The molecular weight excluding hydrogens is 504 g/mol. The number of pyridine rings is 1. The topological polar surface area (TPSA) is 64.3 Å². The first-order valence-corrected chi connectivity index (χ1v) is 15.2. The average molecular weight is 539 g/mol. The Balaban J connectivity index is 0.000000235. The van der Waals surface area contributed by atoms with Gasteiger partial charge in [-0.25, -0.2) is 8.42 Å². The Morgan fingerprint density at radius 1 is 0.615 bits per heavy atom. The van der Waals surface area contributed by atoms with Crippen molar-refractivity contribution >= 4 is 27.2 Å². The SMILES string of the molecule is O=S(=O)([O-])c1ccccc1.c1ccc(N(c2ccccc2)c2cc[n+](C34CC5CC(CC(C5)C3)C4)cc2)cc1. The fraction of sp³-hybridized carbons (Fsp3) is 0.303. The van der Waals surface area contributed by atoms with Crippen molar-refractivity contribution in [1.29, 1.82) is 0 Å². The van der Waals surface area contributed by atoms with Crippen LogP contribution in [0.1, 0.15) is 38.5 Å². The molecule has 39 heavy (non-hydrogen) atoms. The summed E-state index contributed by atoms with van der Waals surface area (Å²) in [6.07, 6.45) is 13.4. The van der Waals surface area contributed by atoms with Gasteiger partial charge in [-0.2, -0.15) is 4.57 Å². The summed E-state index contributed by atoms with van der Waals surface area (Å²) in [5.74, 6) is 2.91. The van der Waals surface area contributed by atoms with Gasteiger partial charge in [-0.15, -0.1) is 0 Å². The normalized spacial score (nSPS) is 25.0. The highest BCUT2D eigenvalue weighted by Crippen LogP contribution is 2.56. The quantitative estimate of drug-likeness (QED) is 0.204. The van der Waals surface area contributed by atoms with Crippen molar-refractivity contribution in [3.05, 3.63) is 116 Å². The maximum atomic E-state index is 10.3. The van der Waals surface area contributed by atoms with E-state index in [1.807, 2.05) is 0 Å². The van der Waals surface area contributed by atoms with E-state index in [1.165, 1.54) is 79.9 Å². The molecule has 4 aromatic rings. The molecule has 4 saturated carbocycles. The molecular formula is C33H34N2O3S. The number of hydrogen-bond donors (Lipinski definition) is 0. The summed E-state index contributed by atoms with van der Waals surface area (Å²) in [6, 6.07) is 33.2. The number of hydrogen-bond acceptors (Lipinski definition) is 4. The fourth-order valence-corrected chi connectivity index (χ4v) is 7.94. The zero-order chi connectivity index (χ0) is 26.9. The lowest BCUT2D eigenvalue weighted by Crippen LogP contribution is -2.64. The summed E-state index contributed by atoms with van der Waals surface area (Å²) in [5, 5.41) is 0. The number of benzene rings is 3. The van der Waals surface area contributed by atoms with Gasteiger partial charge in [0.25, 0.3) is 0 Å².